The summed E-state index contributed by atoms with van der Waals surface area (Å²) in [7, 11) is 0. The molecule has 12 heteroatoms. The minimum absolute atomic E-state index is 0.0935. The molecule has 1 aromatic carbocycles. The average Bonchev–Trinajstić information content (AvgIpc) is 2.79. The fraction of sp³-hybridized carbons (Fsp3) is 0.524. The lowest BCUT2D eigenvalue weighted by atomic mass is 10.0. The minimum Gasteiger partial charge on any atom is -0.480 e. The van der Waals surface area contributed by atoms with Crippen LogP contribution in [-0.2, 0) is 25.6 Å². The quantitative estimate of drug-likeness (QED) is 0.160. The maximum atomic E-state index is 13.1. The lowest BCUT2D eigenvalue weighted by Crippen LogP contribution is -2.59. The zero-order valence-corrected chi connectivity index (χ0v) is 19.4. The van der Waals surface area contributed by atoms with E-state index in [0.29, 0.717) is 5.75 Å². The fourth-order valence-corrected chi connectivity index (χ4v) is 3.25. The van der Waals surface area contributed by atoms with E-state index < -0.39 is 60.6 Å². The first-order chi connectivity index (χ1) is 15.6. The second-order valence-corrected chi connectivity index (χ2v) is 8.43. The molecule has 0 bridgehead atoms. The number of carbonyl (C=O) groups is 4. The van der Waals surface area contributed by atoms with Crippen LogP contribution in [0.1, 0.15) is 18.9 Å². The molecule has 0 saturated carbocycles. The summed E-state index contributed by atoms with van der Waals surface area (Å²) in [4.78, 5) is 49.2. The topological polar surface area (TPSA) is 191 Å². The van der Waals surface area contributed by atoms with E-state index in [-0.39, 0.29) is 12.8 Å². The molecule has 0 spiro atoms. The van der Waals surface area contributed by atoms with Crippen molar-refractivity contribution in [3.63, 3.8) is 0 Å². The number of carbonyl (C=O) groups excluding carboxylic acids is 3. The van der Waals surface area contributed by atoms with Gasteiger partial charge in [-0.1, -0.05) is 30.3 Å². The summed E-state index contributed by atoms with van der Waals surface area (Å²) in [6.45, 7) is 0.535. The van der Waals surface area contributed by atoms with Crippen LogP contribution in [0.25, 0.3) is 0 Å². The van der Waals surface area contributed by atoms with Crippen molar-refractivity contribution in [2.45, 2.75) is 50.0 Å². The summed E-state index contributed by atoms with van der Waals surface area (Å²) in [6.07, 6.45) is 0.948. The van der Waals surface area contributed by atoms with Gasteiger partial charge in [-0.2, -0.15) is 11.8 Å². The first-order valence-electron chi connectivity index (χ1n) is 10.3. The Morgan fingerprint density at radius 2 is 1.52 bits per heavy atom. The van der Waals surface area contributed by atoms with Crippen LogP contribution in [-0.4, -0.2) is 87.9 Å². The predicted molar refractivity (Wildman–Crippen MR) is 123 cm³/mol. The first-order valence-corrected chi connectivity index (χ1v) is 11.7. The van der Waals surface area contributed by atoms with Gasteiger partial charge >= 0.3 is 5.97 Å². The largest absolute Gasteiger partial charge is 0.480 e. The maximum Gasteiger partial charge on any atom is 0.328 e. The van der Waals surface area contributed by atoms with Gasteiger partial charge in [-0.3, -0.25) is 14.4 Å². The van der Waals surface area contributed by atoms with Gasteiger partial charge < -0.3 is 37.0 Å². The Balaban J connectivity index is 3.05. The van der Waals surface area contributed by atoms with Crippen molar-refractivity contribution in [1.82, 2.24) is 16.0 Å². The van der Waals surface area contributed by atoms with Gasteiger partial charge in [0.2, 0.25) is 17.7 Å². The number of carboxylic acid groups (broad SMARTS) is 1. The second kappa shape index (κ2) is 14.5. The van der Waals surface area contributed by atoms with Crippen LogP contribution in [0.3, 0.4) is 0 Å². The number of hydrogen-bond donors (Lipinski definition) is 7. The number of aliphatic hydroxyl groups is 2. The summed E-state index contributed by atoms with van der Waals surface area (Å²) in [6, 6.07) is 3.87. The highest BCUT2D eigenvalue weighted by molar-refractivity contribution is 7.98. The molecule has 1 rings (SSSR count). The highest BCUT2D eigenvalue weighted by Crippen LogP contribution is 2.07. The lowest BCUT2D eigenvalue weighted by Gasteiger charge is -2.25. The van der Waals surface area contributed by atoms with Crippen LogP contribution in [0.4, 0.5) is 0 Å². The van der Waals surface area contributed by atoms with Crippen molar-refractivity contribution in [2.75, 3.05) is 18.6 Å². The van der Waals surface area contributed by atoms with Gasteiger partial charge in [-0.25, -0.2) is 4.79 Å². The number of aliphatic hydroxyl groups excluding tert-OH is 2. The van der Waals surface area contributed by atoms with Crippen LogP contribution < -0.4 is 21.7 Å². The number of thioether (sulfide) groups is 1. The molecule has 0 aromatic heterocycles. The molecule has 0 fully saturated rings. The van der Waals surface area contributed by atoms with Gasteiger partial charge in [0, 0.05) is 6.42 Å². The van der Waals surface area contributed by atoms with Gasteiger partial charge in [0.1, 0.15) is 24.2 Å². The SMILES string of the molecule is CSCCC(NC(=O)C(Cc1ccccc1)NC(=O)C(N)C(C)O)C(=O)NC(CO)C(=O)O. The van der Waals surface area contributed by atoms with Crippen LogP contribution in [0.2, 0.25) is 0 Å². The van der Waals surface area contributed by atoms with Gasteiger partial charge in [-0.15, -0.1) is 0 Å². The van der Waals surface area contributed by atoms with Crippen LogP contribution in [0.15, 0.2) is 30.3 Å². The molecule has 0 saturated heterocycles. The summed E-state index contributed by atoms with van der Waals surface area (Å²) < 4.78 is 0. The summed E-state index contributed by atoms with van der Waals surface area (Å²) in [5.74, 6) is -3.12. The molecule has 0 aliphatic heterocycles. The van der Waals surface area contributed by atoms with E-state index in [1.165, 1.54) is 18.7 Å². The molecule has 0 aliphatic carbocycles. The van der Waals surface area contributed by atoms with E-state index in [1.54, 1.807) is 36.6 Å². The molecule has 33 heavy (non-hydrogen) atoms. The van der Waals surface area contributed by atoms with E-state index in [9.17, 15) is 24.3 Å². The van der Waals surface area contributed by atoms with Crippen molar-refractivity contribution in [3.8, 4) is 0 Å². The second-order valence-electron chi connectivity index (χ2n) is 7.44. The third-order valence-electron chi connectivity index (χ3n) is 4.78. The Morgan fingerprint density at radius 1 is 0.970 bits per heavy atom. The fourth-order valence-electron chi connectivity index (χ4n) is 2.78. The molecule has 0 heterocycles. The van der Waals surface area contributed by atoms with Crippen molar-refractivity contribution in [3.05, 3.63) is 35.9 Å². The van der Waals surface area contributed by atoms with Crippen molar-refractivity contribution < 1.29 is 34.5 Å². The Bertz CT molecular complexity index is 794. The number of benzene rings is 1. The third-order valence-corrected chi connectivity index (χ3v) is 5.42. The summed E-state index contributed by atoms with van der Waals surface area (Å²) in [5, 5.41) is 35.1. The predicted octanol–water partition coefficient (Wildman–Crippen LogP) is -1.78. The van der Waals surface area contributed by atoms with Crippen molar-refractivity contribution >= 4 is 35.5 Å². The van der Waals surface area contributed by atoms with Gasteiger partial charge in [0.05, 0.1) is 12.7 Å². The molecular weight excluding hydrogens is 452 g/mol. The number of rotatable bonds is 14. The standard InChI is InChI=1S/C21H32N4O7S/c1-12(27)17(22)20(30)24-15(10-13-6-4-3-5-7-13)19(29)23-14(8-9-33-2)18(28)25-16(11-26)21(31)32/h3-7,12,14-17,26-27H,8-11,22H2,1-2H3,(H,23,29)(H,24,30)(H,25,28)(H,31,32). The van der Waals surface area contributed by atoms with Gasteiger partial charge in [0.25, 0.3) is 0 Å². The van der Waals surface area contributed by atoms with Crippen LogP contribution in [0, 0.1) is 0 Å². The molecule has 3 amide bonds. The van der Waals surface area contributed by atoms with E-state index in [2.05, 4.69) is 16.0 Å². The smallest absolute Gasteiger partial charge is 0.328 e. The maximum absolute atomic E-state index is 13.1. The number of hydrogen-bond acceptors (Lipinski definition) is 8. The monoisotopic (exact) mass is 484 g/mol. The molecule has 1 aromatic rings. The number of carboxylic acids is 1. The number of nitrogens with two attached hydrogens (primary N) is 1. The average molecular weight is 485 g/mol. The lowest BCUT2D eigenvalue weighted by molar-refractivity contribution is -0.143. The van der Waals surface area contributed by atoms with Crippen LogP contribution in [0.5, 0.6) is 0 Å². The molecule has 184 valence electrons. The van der Waals surface area contributed by atoms with Crippen molar-refractivity contribution in [1.29, 1.82) is 0 Å². The van der Waals surface area contributed by atoms with E-state index in [1.807, 2.05) is 0 Å². The van der Waals surface area contributed by atoms with E-state index in [4.69, 9.17) is 15.9 Å². The van der Waals surface area contributed by atoms with E-state index in [0.717, 1.165) is 5.56 Å². The minimum atomic E-state index is -1.52. The third kappa shape index (κ3) is 9.78. The number of nitrogens with one attached hydrogen (secondary N) is 3. The molecule has 0 aliphatic rings. The normalized spacial score (nSPS) is 15.4. The highest BCUT2D eigenvalue weighted by Gasteiger charge is 2.30. The summed E-state index contributed by atoms with van der Waals surface area (Å²) in [5.41, 5.74) is 6.41. The first kappa shape index (κ1) is 28.4. The molecule has 5 atom stereocenters. The Hall–Kier alpha value is -2.67. The molecule has 5 unspecified atom stereocenters. The Labute approximate surface area is 196 Å². The van der Waals surface area contributed by atoms with Crippen molar-refractivity contribution in [2.24, 2.45) is 5.73 Å². The van der Waals surface area contributed by atoms with Crippen LogP contribution >= 0.6 is 11.8 Å². The zero-order chi connectivity index (χ0) is 25.0. The number of aliphatic carboxylic acids is 1. The van der Waals surface area contributed by atoms with Gasteiger partial charge in [-0.05, 0) is 30.9 Å². The molecular formula is C21H32N4O7S. The Kier molecular flexibility index (Phi) is 12.4. The molecule has 0 radical (unpaired) electrons. The molecule has 11 nitrogen and oxygen atoms in total. The Morgan fingerprint density at radius 3 is 2.03 bits per heavy atom. The zero-order valence-electron chi connectivity index (χ0n) is 18.6. The van der Waals surface area contributed by atoms with E-state index >= 15 is 0 Å². The number of amides is 3. The highest BCUT2D eigenvalue weighted by atomic mass is 32.2. The van der Waals surface area contributed by atoms with Gasteiger partial charge in [0.15, 0.2) is 0 Å². The summed E-state index contributed by atoms with van der Waals surface area (Å²) >= 11 is 1.42. The molecule has 8 N–H and O–H groups in total.